The zero-order valence-electron chi connectivity index (χ0n) is 11.9. The molecule has 0 aliphatic carbocycles. The second-order valence-electron chi connectivity index (χ2n) is 5.89. The van der Waals surface area contributed by atoms with Crippen LogP contribution >= 0.6 is 0 Å². The molecule has 1 saturated heterocycles. The summed E-state index contributed by atoms with van der Waals surface area (Å²) >= 11 is 0. The van der Waals surface area contributed by atoms with Crippen molar-refractivity contribution in [3.63, 3.8) is 0 Å². The summed E-state index contributed by atoms with van der Waals surface area (Å²) in [6.07, 6.45) is 2.94. The van der Waals surface area contributed by atoms with Crippen LogP contribution in [-0.4, -0.2) is 34.3 Å². The van der Waals surface area contributed by atoms with Gasteiger partial charge in [0.15, 0.2) is 0 Å². The van der Waals surface area contributed by atoms with Gasteiger partial charge >= 0.3 is 5.97 Å². The number of nitrogens with zero attached hydrogens (tertiary/aromatic N) is 2. The van der Waals surface area contributed by atoms with E-state index in [0.29, 0.717) is 25.9 Å². The lowest BCUT2D eigenvalue weighted by atomic mass is 9.80. The summed E-state index contributed by atoms with van der Waals surface area (Å²) in [5.41, 5.74) is -0.650. The number of fused-ring (bicyclic) bond motifs is 1. The fourth-order valence-corrected chi connectivity index (χ4v) is 2.82. The van der Waals surface area contributed by atoms with Crippen molar-refractivity contribution in [2.75, 3.05) is 18.0 Å². The summed E-state index contributed by atoms with van der Waals surface area (Å²) < 4.78 is 0. The molecule has 2 aromatic rings. The number of benzene rings is 1. The monoisotopic (exact) mass is 286 g/mol. The first-order valence-corrected chi connectivity index (χ1v) is 7.06. The van der Waals surface area contributed by atoms with Crippen LogP contribution in [0, 0.1) is 5.41 Å². The number of phenolic OH excluding ortho intramolecular Hbond substituents is 1. The van der Waals surface area contributed by atoms with Crippen molar-refractivity contribution < 1.29 is 15.0 Å². The van der Waals surface area contributed by atoms with Crippen LogP contribution in [0.25, 0.3) is 10.8 Å². The van der Waals surface area contributed by atoms with E-state index in [1.54, 1.807) is 25.3 Å². The quantitative estimate of drug-likeness (QED) is 0.887. The average Bonchev–Trinajstić information content (AvgIpc) is 2.47. The van der Waals surface area contributed by atoms with Gasteiger partial charge in [0.2, 0.25) is 0 Å². The van der Waals surface area contributed by atoms with Gasteiger partial charge in [-0.25, -0.2) is 4.98 Å². The summed E-state index contributed by atoms with van der Waals surface area (Å²) in [6.45, 7) is 3.12. The van der Waals surface area contributed by atoms with E-state index in [2.05, 4.69) is 9.88 Å². The van der Waals surface area contributed by atoms with E-state index >= 15 is 0 Å². The van der Waals surface area contributed by atoms with Gasteiger partial charge < -0.3 is 15.1 Å². The third-order valence-corrected chi connectivity index (χ3v) is 4.41. The van der Waals surface area contributed by atoms with Gasteiger partial charge in [0.1, 0.15) is 11.6 Å². The first-order chi connectivity index (χ1) is 9.99. The predicted molar refractivity (Wildman–Crippen MR) is 80.6 cm³/mol. The number of carboxylic acid groups (broad SMARTS) is 1. The van der Waals surface area contributed by atoms with Crippen molar-refractivity contribution in [2.45, 2.75) is 19.8 Å². The zero-order valence-corrected chi connectivity index (χ0v) is 11.9. The molecule has 1 aliphatic heterocycles. The number of anilines is 1. The molecule has 0 saturated carbocycles. The fourth-order valence-electron chi connectivity index (χ4n) is 2.82. The van der Waals surface area contributed by atoms with E-state index in [1.165, 1.54) is 0 Å². The van der Waals surface area contributed by atoms with E-state index in [1.807, 2.05) is 12.1 Å². The third-order valence-electron chi connectivity index (χ3n) is 4.41. The Morgan fingerprint density at radius 2 is 2.00 bits per heavy atom. The predicted octanol–water partition coefficient (Wildman–Crippen LogP) is 2.63. The third kappa shape index (κ3) is 2.39. The summed E-state index contributed by atoms with van der Waals surface area (Å²) in [5, 5.41) is 20.9. The molecule has 0 amide bonds. The second-order valence-corrected chi connectivity index (χ2v) is 5.89. The maximum absolute atomic E-state index is 11.3. The lowest BCUT2D eigenvalue weighted by Gasteiger charge is -2.37. The minimum absolute atomic E-state index is 0.212. The van der Waals surface area contributed by atoms with Crippen LogP contribution in [0.4, 0.5) is 5.82 Å². The molecule has 0 bridgehead atoms. The molecular formula is C16H18N2O3. The van der Waals surface area contributed by atoms with Crippen molar-refractivity contribution in [2.24, 2.45) is 5.41 Å². The Labute approximate surface area is 122 Å². The molecule has 5 heteroatoms. The normalized spacial score (nSPS) is 17.9. The molecule has 1 aliphatic rings. The highest BCUT2D eigenvalue weighted by molar-refractivity contribution is 5.93. The fraction of sp³-hybridized carbons (Fsp3) is 0.375. The number of aromatic hydroxyl groups is 1. The summed E-state index contributed by atoms with van der Waals surface area (Å²) in [4.78, 5) is 17.8. The number of piperidine rings is 1. The number of aliphatic carboxylic acids is 1. The standard InChI is InChI=1S/C16H18N2O3/c1-16(15(20)21)5-8-18(9-6-16)14-13-10-12(19)3-2-11(13)4-7-17-14/h2-4,7,10,19H,5-6,8-9H2,1H3,(H,20,21). The molecule has 2 N–H and O–H groups in total. The van der Waals surface area contributed by atoms with Gasteiger partial charge in [-0.3, -0.25) is 4.79 Å². The zero-order chi connectivity index (χ0) is 15.0. The number of carbonyl (C=O) groups is 1. The van der Waals surface area contributed by atoms with Crippen LogP contribution in [0.15, 0.2) is 30.5 Å². The summed E-state index contributed by atoms with van der Waals surface area (Å²) in [7, 11) is 0. The number of rotatable bonds is 2. The van der Waals surface area contributed by atoms with E-state index < -0.39 is 11.4 Å². The highest BCUT2D eigenvalue weighted by atomic mass is 16.4. The number of phenols is 1. The molecule has 0 atom stereocenters. The van der Waals surface area contributed by atoms with Crippen LogP contribution in [-0.2, 0) is 4.79 Å². The van der Waals surface area contributed by atoms with Crippen molar-refractivity contribution in [1.82, 2.24) is 4.98 Å². The van der Waals surface area contributed by atoms with Crippen LogP contribution in [0.5, 0.6) is 5.75 Å². The van der Waals surface area contributed by atoms with Crippen LogP contribution in [0.3, 0.4) is 0 Å². The molecule has 110 valence electrons. The van der Waals surface area contributed by atoms with E-state index in [-0.39, 0.29) is 5.75 Å². The molecule has 21 heavy (non-hydrogen) atoms. The van der Waals surface area contributed by atoms with E-state index in [0.717, 1.165) is 16.6 Å². The van der Waals surface area contributed by atoms with Gasteiger partial charge in [0, 0.05) is 24.7 Å². The first kappa shape index (κ1) is 13.7. The maximum atomic E-state index is 11.3. The average molecular weight is 286 g/mol. The summed E-state index contributed by atoms with van der Waals surface area (Å²) in [6, 6.07) is 7.14. The molecule has 3 rings (SSSR count). The smallest absolute Gasteiger partial charge is 0.309 e. The SMILES string of the molecule is CC1(C(=O)O)CCN(c2nccc3ccc(O)cc23)CC1. The molecule has 1 aromatic heterocycles. The Kier molecular flexibility index (Phi) is 3.20. The van der Waals surface area contributed by atoms with Gasteiger partial charge in [-0.15, -0.1) is 0 Å². The molecular weight excluding hydrogens is 268 g/mol. The Balaban J connectivity index is 1.92. The topological polar surface area (TPSA) is 73.7 Å². The van der Waals surface area contributed by atoms with E-state index in [4.69, 9.17) is 0 Å². The Morgan fingerprint density at radius 3 is 2.67 bits per heavy atom. The second kappa shape index (κ2) is 4.91. The first-order valence-electron chi connectivity index (χ1n) is 7.06. The van der Waals surface area contributed by atoms with E-state index in [9.17, 15) is 15.0 Å². The number of aromatic nitrogens is 1. The van der Waals surface area contributed by atoms with Gasteiger partial charge in [-0.05, 0) is 43.4 Å². The number of hydrogen-bond donors (Lipinski definition) is 2. The van der Waals surface area contributed by atoms with Crippen molar-refractivity contribution in [3.05, 3.63) is 30.5 Å². The maximum Gasteiger partial charge on any atom is 0.309 e. The number of pyridine rings is 1. The molecule has 1 aromatic carbocycles. The van der Waals surface area contributed by atoms with Gasteiger partial charge in [-0.1, -0.05) is 6.07 Å². The van der Waals surface area contributed by atoms with Crippen molar-refractivity contribution in [1.29, 1.82) is 0 Å². The minimum Gasteiger partial charge on any atom is -0.508 e. The van der Waals surface area contributed by atoms with Gasteiger partial charge in [0.25, 0.3) is 0 Å². The van der Waals surface area contributed by atoms with Crippen molar-refractivity contribution >= 4 is 22.6 Å². The van der Waals surface area contributed by atoms with Crippen LogP contribution in [0.2, 0.25) is 0 Å². The molecule has 0 spiro atoms. The Bertz CT molecular complexity index is 691. The molecule has 0 unspecified atom stereocenters. The van der Waals surface area contributed by atoms with Crippen LogP contribution in [0.1, 0.15) is 19.8 Å². The molecule has 0 radical (unpaired) electrons. The number of hydrogen-bond acceptors (Lipinski definition) is 4. The van der Waals surface area contributed by atoms with Gasteiger partial charge in [-0.2, -0.15) is 0 Å². The Hall–Kier alpha value is -2.30. The largest absolute Gasteiger partial charge is 0.508 e. The lowest BCUT2D eigenvalue weighted by Crippen LogP contribution is -2.43. The van der Waals surface area contributed by atoms with Crippen LogP contribution < -0.4 is 4.90 Å². The highest BCUT2D eigenvalue weighted by Gasteiger charge is 2.37. The number of carboxylic acids is 1. The molecule has 2 heterocycles. The van der Waals surface area contributed by atoms with Crippen molar-refractivity contribution in [3.8, 4) is 5.75 Å². The van der Waals surface area contributed by atoms with Gasteiger partial charge in [0.05, 0.1) is 5.41 Å². The summed E-state index contributed by atoms with van der Waals surface area (Å²) in [5.74, 6) is 0.297. The molecule has 1 fully saturated rings. The highest BCUT2D eigenvalue weighted by Crippen LogP contribution is 2.35. The lowest BCUT2D eigenvalue weighted by molar-refractivity contribution is -0.149. The minimum atomic E-state index is -0.731. The molecule has 5 nitrogen and oxygen atoms in total. The Morgan fingerprint density at radius 1 is 1.29 bits per heavy atom.